The lowest BCUT2D eigenvalue weighted by Crippen LogP contribution is -2.36. The molecule has 0 bridgehead atoms. The van der Waals surface area contributed by atoms with Gasteiger partial charge in [0.1, 0.15) is 5.82 Å². The molecule has 16 heavy (non-hydrogen) atoms. The molecule has 1 fully saturated rings. The van der Waals surface area contributed by atoms with Gasteiger partial charge in [-0.25, -0.2) is 4.98 Å². The van der Waals surface area contributed by atoms with Crippen LogP contribution in [0.2, 0.25) is 0 Å². The van der Waals surface area contributed by atoms with Crippen molar-refractivity contribution in [2.75, 3.05) is 23.3 Å². The van der Waals surface area contributed by atoms with Crippen LogP contribution in [0.3, 0.4) is 0 Å². The number of hydrogen-bond acceptors (Lipinski definition) is 2. The highest BCUT2D eigenvalue weighted by Gasteiger charge is 2.20. The van der Waals surface area contributed by atoms with E-state index in [1.807, 2.05) is 6.20 Å². The lowest BCUT2D eigenvalue weighted by molar-refractivity contribution is 0.406. The maximum Gasteiger partial charge on any atom is 0.128 e. The highest BCUT2D eigenvalue weighted by atomic mass is 79.9. The number of rotatable bonds is 3. The van der Waals surface area contributed by atoms with Gasteiger partial charge in [0.25, 0.3) is 0 Å². The first kappa shape index (κ1) is 11.9. The number of halogens is 1. The zero-order valence-electron chi connectivity index (χ0n) is 9.82. The fourth-order valence-electron chi connectivity index (χ4n) is 2.36. The molecule has 2 nitrogen and oxygen atoms in total. The van der Waals surface area contributed by atoms with Crippen molar-refractivity contribution in [3.8, 4) is 0 Å². The summed E-state index contributed by atoms with van der Waals surface area (Å²) in [5, 5.41) is 1.12. The molecule has 1 aromatic rings. The van der Waals surface area contributed by atoms with E-state index in [1.165, 1.54) is 31.4 Å². The Morgan fingerprint density at radius 1 is 1.56 bits per heavy atom. The Morgan fingerprint density at radius 3 is 3.19 bits per heavy atom. The Morgan fingerprint density at radius 2 is 2.44 bits per heavy atom. The lowest BCUT2D eigenvalue weighted by atomic mass is 9.95. The summed E-state index contributed by atoms with van der Waals surface area (Å²) in [6, 6.07) is 4.25. The molecule has 2 heterocycles. The van der Waals surface area contributed by atoms with Gasteiger partial charge in [0.2, 0.25) is 0 Å². The molecule has 1 aliphatic heterocycles. The van der Waals surface area contributed by atoms with Gasteiger partial charge in [0.05, 0.1) is 0 Å². The Kier molecular flexibility index (Phi) is 4.22. The van der Waals surface area contributed by atoms with Crippen molar-refractivity contribution in [3.05, 3.63) is 23.9 Å². The first-order chi connectivity index (χ1) is 7.79. The predicted molar refractivity (Wildman–Crippen MR) is 72.3 cm³/mol. The molecular weight excluding hydrogens is 264 g/mol. The van der Waals surface area contributed by atoms with E-state index in [0.29, 0.717) is 0 Å². The fourth-order valence-corrected chi connectivity index (χ4v) is 3.00. The third kappa shape index (κ3) is 2.97. The van der Waals surface area contributed by atoms with Crippen molar-refractivity contribution in [1.29, 1.82) is 0 Å². The SMILES string of the molecule is Cc1ccnc(N2CCCC(CCBr)C2)c1. The molecular formula is C13H19BrN2. The Balaban J connectivity index is 2.03. The van der Waals surface area contributed by atoms with Crippen molar-refractivity contribution in [3.63, 3.8) is 0 Å². The molecule has 3 heteroatoms. The zero-order chi connectivity index (χ0) is 11.4. The molecule has 0 N–H and O–H groups in total. The van der Waals surface area contributed by atoms with Crippen LogP contribution in [0.5, 0.6) is 0 Å². The Hall–Kier alpha value is -0.570. The van der Waals surface area contributed by atoms with Crippen LogP contribution >= 0.6 is 15.9 Å². The summed E-state index contributed by atoms with van der Waals surface area (Å²) in [4.78, 5) is 6.91. The molecule has 0 aromatic carbocycles. The van der Waals surface area contributed by atoms with E-state index in [0.717, 1.165) is 23.6 Å². The first-order valence-electron chi connectivity index (χ1n) is 6.03. The van der Waals surface area contributed by atoms with Gasteiger partial charge < -0.3 is 4.90 Å². The molecule has 2 rings (SSSR count). The summed E-state index contributed by atoms with van der Waals surface area (Å²) >= 11 is 3.54. The molecule has 0 spiro atoms. The van der Waals surface area contributed by atoms with Gasteiger partial charge in [-0.15, -0.1) is 0 Å². The molecule has 0 aliphatic carbocycles. The van der Waals surface area contributed by atoms with E-state index in [4.69, 9.17) is 0 Å². The number of aryl methyl sites for hydroxylation is 1. The number of pyridine rings is 1. The molecule has 1 unspecified atom stereocenters. The number of piperidine rings is 1. The molecule has 1 aromatic heterocycles. The van der Waals surface area contributed by atoms with Crippen molar-refractivity contribution >= 4 is 21.7 Å². The molecule has 0 amide bonds. The van der Waals surface area contributed by atoms with Gasteiger partial charge in [-0.2, -0.15) is 0 Å². The van der Waals surface area contributed by atoms with Crippen molar-refractivity contribution in [2.24, 2.45) is 5.92 Å². The first-order valence-corrected chi connectivity index (χ1v) is 7.15. The monoisotopic (exact) mass is 282 g/mol. The van der Waals surface area contributed by atoms with Crippen LogP contribution in [0.1, 0.15) is 24.8 Å². The molecule has 0 radical (unpaired) electrons. The number of aromatic nitrogens is 1. The average Bonchev–Trinajstić information content (AvgIpc) is 2.30. The van der Waals surface area contributed by atoms with Gasteiger partial charge >= 0.3 is 0 Å². The minimum Gasteiger partial charge on any atom is -0.356 e. The van der Waals surface area contributed by atoms with E-state index in [2.05, 4.69) is 44.9 Å². The van der Waals surface area contributed by atoms with Crippen LogP contribution in [0.15, 0.2) is 18.3 Å². The number of anilines is 1. The summed E-state index contributed by atoms with van der Waals surface area (Å²) in [5.41, 5.74) is 1.30. The predicted octanol–water partition coefficient (Wildman–Crippen LogP) is 3.39. The second-order valence-electron chi connectivity index (χ2n) is 4.62. The quantitative estimate of drug-likeness (QED) is 0.790. The summed E-state index contributed by atoms with van der Waals surface area (Å²) < 4.78 is 0. The highest BCUT2D eigenvalue weighted by Crippen LogP contribution is 2.24. The fraction of sp³-hybridized carbons (Fsp3) is 0.615. The topological polar surface area (TPSA) is 16.1 Å². The normalized spacial score (nSPS) is 21.1. The van der Waals surface area contributed by atoms with Crippen molar-refractivity contribution in [2.45, 2.75) is 26.2 Å². The van der Waals surface area contributed by atoms with Crippen LogP contribution in [-0.2, 0) is 0 Å². The van der Waals surface area contributed by atoms with Gasteiger partial charge in [-0.05, 0) is 49.8 Å². The van der Waals surface area contributed by atoms with Gasteiger partial charge in [-0.3, -0.25) is 0 Å². The van der Waals surface area contributed by atoms with Crippen LogP contribution in [-0.4, -0.2) is 23.4 Å². The van der Waals surface area contributed by atoms with Gasteiger partial charge in [-0.1, -0.05) is 15.9 Å². The van der Waals surface area contributed by atoms with Crippen LogP contribution in [0.25, 0.3) is 0 Å². The molecule has 1 aliphatic rings. The minimum absolute atomic E-state index is 0.829. The molecule has 88 valence electrons. The van der Waals surface area contributed by atoms with Crippen LogP contribution < -0.4 is 4.90 Å². The smallest absolute Gasteiger partial charge is 0.128 e. The summed E-state index contributed by atoms with van der Waals surface area (Å²) in [7, 11) is 0. The molecule has 1 atom stereocenters. The Labute approximate surface area is 106 Å². The van der Waals surface area contributed by atoms with Crippen molar-refractivity contribution in [1.82, 2.24) is 4.98 Å². The summed E-state index contributed by atoms with van der Waals surface area (Å²) in [6.07, 6.45) is 5.86. The summed E-state index contributed by atoms with van der Waals surface area (Å²) in [5.74, 6) is 1.98. The second kappa shape index (κ2) is 5.67. The van der Waals surface area contributed by atoms with Crippen molar-refractivity contribution < 1.29 is 0 Å². The third-order valence-corrected chi connectivity index (χ3v) is 3.72. The molecule has 0 saturated carbocycles. The lowest BCUT2D eigenvalue weighted by Gasteiger charge is -2.33. The standard InChI is InChI=1S/C13H19BrN2/c1-11-5-7-15-13(9-11)16-8-2-3-12(10-16)4-6-14/h5,7,9,12H,2-4,6,8,10H2,1H3. The van der Waals surface area contributed by atoms with E-state index in [1.54, 1.807) is 0 Å². The van der Waals surface area contributed by atoms with E-state index < -0.39 is 0 Å². The maximum atomic E-state index is 4.47. The summed E-state index contributed by atoms with van der Waals surface area (Å²) in [6.45, 7) is 4.46. The van der Waals surface area contributed by atoms with Gasteiger partial charge in [0.15, 0.2) is 0 Å². The van der Waals surface area contributed by atoms with Gasteiger partial charge in [0, 0.05) is 24.6 Å². The zero-order valence-corrected chi connectivity index (χ0v) is 11.4. The minimum atomic E-state index is 0.829. The largest absolute Gasteiger partial charge is 0.356 e. The van der Waals surface area contributed by atoms with E-state index in [-0.39, 0.29) is 0 Å². The second-order valence-corrected chi connectivity index (χ2v) is 5.42. The number of nitrogens with zero attached hydrogens (tertiary/aromatic N) is 2. The third-order valence-electron chi connectivity index (χ3n) is 3.26. The maximum absolute atomic E-state index is 4.47. The molecule has 1 saturated heterocycles. The number of alkyl halides is 1. The van der Waals surface area contributed by atoms with E-state index in [9.17, 15) is 0 Å². The van der Waals surface area contributed by atoms with E-state index >= 15 is 0 Å². The Bertz CT molecular complexity index is 338. The average molecular weight is 283 g/mol. The van der Waals surface area contributed by atoms with Crippen LogP contribution in [0.4, 0.5) is 5.82 Å². The van der Waals surface area contributed by atoms with Crippen LogP contribution in [0, 0.1) is 12.8 Å². The highest BCUT2D eigenvalue weighted by molar-refractivity contribution is 9.09. The number of hydrogen-bond donors (Lipinski definition) is 0.